The minimum atomic E-state index is -0.344. The third-order valence-corrected chi connectivity index (χ3v) is 6.41. The summed E-state index contributed by atoms with van der Waals surface area (Å²) < 4.78 is 15.9. The lowest BCUT2D eigenvalue weighted by molar-refractivity contribution is -0.142. The molecule has 4 N–H and O–H groups in total. The van der Waals surface area contributed by atoms with Crippen molar-refractivity contribution in [2.45, 2.75) is 31.9 Å². The Morgan fingerprint density at radius 1 is 1.16 bits per heavy atom. The van der Waals surface area contributed by atoms with E-state index in [1.807, 2.05) is 4.90 Å². The fourth-order valence-corrected chi connectivity index (χ4v) is 4.34. The quantitative estimate of drug-likeness (QED) is 0.314. The Hall–Kier alpha value is -3.34. The maximum Gasteiger partial charge on any atom is 0.310 e. The average molecular weight is 533 g/mol. The van der Waals surface area contributed by atoms with E-state index in [-0.39, 0.29) is 53.5 Å². The van der Waals surface area contributed by atoms with Crippen LogP contribution in [0.15, 0.2) is 36.4 Å². The highest BCUT2D eigenvalue weighted by Crippen LogP contribution is 2.29. The molecule has 3 rings (SSSR count). The summed E-state index contributed by atoms with van der Waals surface area (Å²) in [6, 6.07) is 9.81. The highest BCUT2D eigenvalue weighted by atomic mass is 35.5. The van der Waals surface area contributed by atoms with E-state index in [0.717, 1.165) is 5.56 Å². The predicted octanol–water partition coefficient (Wildman–Crippen LogP) is 2.49. The van der Waals surface area contributed by atoms with Crippen LogP contribution in [-0.2, 0) is 25.5 Å². The molecule has 0 spiro atoms. The molecule has 2 unspecified atom stereocenters. The van der Waals surface area contributed by atoms with E-state index in [1.165, 1.54) is 19.2 Å². The van der Waals surface area contributed by atoms with Crippen LogP contribution in [0.5, 0.6) is 5.75 Å². The van der Waals surface area contributed by atoms with E-state index in [4.69, 9.17) is 31.5 Å². The zero-order valence-corrected chi connectivity index (χ0v) is 22.0. The molecule has 2 atom stereocenters. The van der Waals surface area contributed by atoms with Crippen molar-refractivity contribution >= 4 is 40.8 Å². The molecule has 1 aliphatic rings. The van der Waals surface area contributed by atoms with Crippen LogP contribution in [0.1, 0.15) is 29.3 Å². The number of rotatable bonds is 10. The fourth-order valence-electron chi connectivity index (χ4n) is 4.18. The van der Waals surface area contributed by atoms with Crippen molar-refractivity contribution in [2.24, 2.45) is 0 Å². The topological polar surface area (TPSA) is 132 Å². The van der Waals surface area contributed by atoms with Gasteiger partial charge in [0.15, 0.2) is 0 Å². The molecule has 10 nitrogen and oxygen atoms in total. The summed E-state index contributed by atoms with van der Waals surface area (Å²) in [6.07, 6.45) is 0.456. The van der Waals surface area contributed by atoms with Crippen molar-refractivity contribution in [2.75, 3.05) is 51.5 Å². The standard InChI is InChI=1S/C26H33ClN4O6/c1-4-37-25(33)11-16-5-7-17(8-6-16)29-24(32)15-31-10-9-21(23(14-31)36-3)30-26(34)18-12-19(27)20(28)13-22(18)35-2/h5-8,12-13,21,23H,4,9-11,14-15,28H2,1-3H3,(H,29,32)(H,30,34). The summed E-state index contributed by atoms with van der Waals surface area (Å²) in [4.78, 5) is 39.2. The number of carbonyl (C=O) groups is 3. The molecule has 1 aliphatic heterocycles. The molecule has 1 heterocycles. The second-order valence-corrected chi connectivity index (χ2v) is 9.09. The molecule has 0 saturated carbocycles. The van der Waals surface area contributed by atoms with Crippen LogP contribution in [0.2, 0.25) is 5.02 Å². The average Bonchev–Trinajstić information content (AvgIpc) is 2.87. The van der Waals surface area contributed by atoms with Gasteiger partial charge in [0.1, 0.15) is 5.75 Å². The Balaban J connectivity index is 1.53. The van der Waals surface area contributed by atoms with Crippen molar-refractivity contribution < 1.29 is 28.6 Å². The normalized spacial score (nSPS) is 17.6. The minimum Gasteiger partial charge on any atom is -0.496 e. The summed E-state index contributed by atoms with van der Waals surface area (Å²) in [5.41, 5.74) is 7.86. The van der Waals surface area contributed by atoms with Gasteiger partial charge in [-0.15, -0.1) is 0 Å². The Labute approximate surface area is 221 Å². The molecule has 0 radical (unpaired) electrons. The first-order chi connectivity index (χ1) is 17.7. The second-order valence-electron chi connectivity index (χ2n) is 8.68. The lowest BCUT2D eigenvalue weighted by Gasteiger charge is -2.37. The van der Waals surface area contributed by atoms with Gasteiger partial charge < -0.3 is 30.6 Å². The summed E-state index contributed by atoms with van der Waals surface area (Å²) in [6.45, 7) is 3.34. The molecule has 37 heavy (non-hydrogen) atoms. The molecular formula is C26H33ClN4O6. The fraction of sp³-hybridized carbons (Fsp3) is 0.423. The van der Waals surface area contributed by atoms with Gasteiger partial charge in [-0.05, 0) is 37.1 Å². The van der Waals surface area contributed by atoms with Gasteiger partial charge in [0.05, 0.1) is 55.1 Å². The van der Waals surface area contributed by atoms with E-state index in [0.29, 0.717) is 43.2 Å². The van der Waals surface area contributed by atoms with Crippen molar-refractivity contribution in [3.63, 3.8) is 0 Å². The minimum absolute atomic E-state index is 0.170. The number of hydrogen-bond donors (Lipinski definition) is 3. The van der Waals surface area contributed by atoms with Crippen molar-refractivity contribution in [1.82, 2.24) is 10.2 Å². The lowest BCUT2D eigenvalue weighted by atomic mass is 10.0. The van der Waals surface area contributed by atoms with Gasteiger partial charge in [-0.25, -0.2) is 0 Å². The number of nitrogens with two attached hydrogens (primary N) is 1. The highest BCUT2D eigenvalue weighted by molar-refractivity contribution is 6.33. The molecule has 11 heteroatoms. The molecule has 1 saturated heterocycles. The Morgan fingerprint density at radius 2 is 1.89 bits per heavy atom. The van der Waals surface area contributed by atoms with E-state index in [1.54, 1.807) is 38.3 Å². The number of nitrogens with zero attached hydrogens (tertiary/aromatic N) is 1. The van der Waals surface area contributed by atoms with Crippen LogP contribution >= 0.6 is 11.6 Å². The first-order valence-corrected chi connectivity index (χ1v) is 12.3. The number of nitrogens with one attached hydrogen (secondary N) is 2. The van der Waals surface area contributed by atoms with Gasteiger partial charge in [-0.1, -0.05) is 23.7 Å². The van der Waals surface area contributed by atoms with Crippen molar-refractivity contribution in [3.8, 4) is 5.75 Å². The first-order valence-electron chi connectivity index (χ1n) is 12.0. The summed E-state index contributed by atoms with van der Waals surface area (Å²) in [7, 11) is 3.03. The van der Waals surface area contributed by atoms with Gasteiger partial charge in [0.25, 0.3) is 5.91 Å². The lowest BCUT2D eigenvalue weighted by Crippen LogP contribution is -2.55. The van der Waals surface area contributed by atoms with Crippen molar-refractivity contribution in [1.29, 1.82) is 0 Å². The number of hydrogen-bond acceptors (Lipinski definition) is 8. The highest BCUT2D eigenvalue weighted by Gasteiger charge is 2.32. The first kappa shape index (κ1) is 28.2. The number of piperidine rings is 1. The number of amides is 2. The van der Waals surface area contributed by atoms with Crippen molar-refractivity contribution in [3.05, 3.63) is 52.5 Å². The zero-order chi connectivity index (χ0) is 26.9. The monoisotopic (exact) mass is 532 g/mol. The Kier molecular flexibility index (Phi) is 10.1. The van der Waals surface area contributed by atoms with Crippen LogP contribution in [0.3, 0.4) is 0 Å². The molecule has 2 aromatic carbocycles. The smallest absolute Gasteiger partial charge is 0.310 e. The van der Waals surface area contributed by atoms with E-state index in [9.17, 15) is 14.4 Å². The van der Waals surface area contributed by atoms with Gasteiger partial charge in [-0.2, -0.15) is 0 Å². The number of esters is 1. The Bertz CT molecular complexity index is 1110. The number of methoxy groups -OCH3 is 2. The van der Waals surface area contributed by atoms with Gasteiger partial charge >= 0.3 is 5.97 Å². The maximum absolute atomic E-state index is 12.9. The van der Waals surface area contributed by atoms with Crippen LogP contribution in [0.25, 0.3) is 0 Å². The number of halogens is 1. The largest absolute Gasteiger partial charge is 0.496 e. The number of anilines is 2. The Morgan fingerprint density at radius 3 is 2.54 bits per heavy atom. The van der Waals surface area contributed by atoms with Crippen LogP contribution in [0.4, 0.5) is 11.4 Å². The second kappa shape index (κ2) is 13.3. The number of nitrogen functional groups attached to an aromatic ring is 1. The van der Waals surface area contributed by atoms with Gasteiger partial charge in [-0.3, -0.25) is 19.3 Å². The zero-order valence-electron chi connectivity index (χ0n) is 21.2. The maximum atomic E-state index is 12.9. The van der Waals surface area contributed by atoms with Crippen LogP contribution in [-0.4, -0.2) is 75.3 Å². The molecule has 2 aromatic rings. The third-order valence-electron chi connectivity index (χ3n) is 6.08. The molecule has 0 aliphatic carbocycles. The number of ether oxygens (including phenoxy) is 3. The molecular weight excluding hydrogens is 500 g/mol. The van der Waals surface area contributed by atoms with Crippen LogP contribution < -0.4 is 21.1 Å². The number of benzene rings is 2. The van der Waals surface area contributed by atoms with E-state index < -0.39 is 0 Å². The van der Waals surface area contributed by atoms with E-state index >= 15 is 0 Å². The number of likely N-dealkylation sites (tertiary alicyclic amines) is 1. The molecule has 200 valence electrons. The molecule has 0 aromatic heterocycles. The summed E-state index contributed by atoms with van der Waals surface area (Å²) in [5.74, 6) is -0.473. The van der Waals surface area contributed by atoms with E-state index in [2.05, 4.69) is 10.6 Å². The SMILES string of the molecule is CCOC(=O)Cc1ccc(NC(=O)CN2CCC(NC(=O)c3cc(Cl)c(N)cc3OC)C(OC)C2)cc1. The molecule has 0 bridgehead atoms. The summed E-state index contributed by atoms with van der Waals surface area (Å²) >= 11 is 6.10. The predicted molar refractivity (Wildman–Crippen MR) is 141 cm³/mol. The van der Waals surface area contributed by atoms with Gasteiger partial charge in [0, 0.05) is 32.0 Å². The third kappa shape index (κ3) is 7.82. The summed E-state index contributed by atoms with van der Waals surface area (Å²) in [5, 5.41) is 6.13. The molecule has 2 amide bonds. The van der Waals surface area contributed by atoms with Gasteiger partial charge in [0.2, 0.25) is 5.91 Å². The number of carbonyl (C=O) groups excluding carboxylic acids is 3. The van der Waals surface area contributed by atoms with Crippen LogP contribution in [0, 0.1) is 0 Å². The molecule has 1 fully saturated rings.